The first-order valence-corrected chi connectivity index (χ1v) is 4.36. The van der Waals surface area contributed by atoms with Gasteiger partial charge >= 0.3 is 0 Å². The second kappa shape index (κ2) is 5.56. The van der Waals surface area contributed by atoms with Crippen molar-refractivity contribution in [2.75, 3.05) is 19.8 Å². The predicted octanol–water partition coefficient (Wildman–Crippen LogP) is 1.99. The average molecular weight is 158 g/mol. The summed E-state index contributed by atoms with van der Waals surface area (Å²) in [6, 6.07) is 0. The molecule has 0 amide bonds. The van der Waals surface area contributed by atoms with E-state index >= 15 is 0 Å². The van der Waals surface area contributed by atoms with E-state index in [-0.39, 0.29) is 6.73 Å². The van der Waals surface area contributed by atoms with E-state index in [0.717, 1.165) is 13.1 Å². The van der Waals surface area contributed by atoms with Gasteiger partial charge in [0.05, 0.1) is 0 Å². The largest absolute Gasteiger partial charge is 0.278 e. The van der Waals surface area contributed by atoms with Crippen molar-refractivity contribution in [2.24, 2.45) is 11.8 Å². The topological polar surface area (TPSA) is 23.1 Å². The first-order chi connectivity index (χ1) is 5.06. The summed E-state index contributed by atoms with van der Waals surface area (Å²) in [6.45, 7) is 10.4. The molecular weight excluding hydrogens is 138 g/mol. The van der Waals surface area contributed by atoms with E-state index in [9.17, 15) is 5.11 Å². The van der Waals surface area contributed by atoms with E-state index in [1.807, 2.05) is 4.90 Å². The van der Waals surface area contributed by atoms with E-state index in [1.54, 1.807) is 0 Å². The molecule has 0 rings (SSSR count). The Labute approximate surface area is 70.2 Å². The average Bonchev–Trinajstić information content (AvgIpc) is 1.84. The van der Waals surface area contributed by atoms with Gasteiger partial charge in [0.2, 0.25) is 0 Å². The maximum Gasteiger partial charge on any atom is 0.135 e. The Morgan fingerprint density at radius 1 is 1.00 bits per heavy atom. The molecule has 11 heavy (non-hydrogen) atoms. The van der Waals surface area contributed by atoms with Crippen molar-refractivity contribution in [3.63, 3.8) is 0 Å². The van der Waals surface area contributed by atoms with Crippen molar-refractivity contribution in [2.45, 2.75) is 27.7 Å². The lowest BCUT2D eigenvalue weighted by molar-refractivity contribution is 0.0360. The van der Waals surface area contributed by atoms with Crippen LogP contribution in [-0.4, -0.2) is 24.7 Å². The lowest BCUT2D eigenvalue weighted by Gasteiger charge is -2.22. The van der Waals surface area contributed by atoms with Gasteiger partial charge in [-0.05, 0) is 11.8 Å². The van der Waals surface area contributed by atoms with Crippen LogP contribution in [0.4, 0.5) is 0 Å². The molecule has 0 atom stereocenters. The Bertz CT molecular complexity index is 81.6. The maximum atomic E-state index is 10.6. The number of nitrogens with zero attached hydrogens (tertiary/aromatic N) is 1. The standard InChI is InChI=1S/C9H20NO/c1-8(2)5-10(7-11)6-9(3)4/h8-9H,5-7H2,1-4H3. The van der Waals surface area contributed by atoms with Gasteiger partial charge in [-0.25, -0.2) is 5.11 Å². The third kappa shape index (κ3) is 6.32. The van der Waals surface area contributed by atoms with Gasteiger partial charge in [-0.15, -0.1) is 0 Å². The van der Waals surface area contributed by atoms with E-state index in [4.69, 9.17) is 0 Å². The number of hydrogen-bond donors (Lipinski definition) is 0. The first kappa shape index (κ1) is 10.9. The minimum atomic E-state index is -0.0592. The Hall–Kier alpha value is -0.0800. The van der Waals surface area contributed by atoms with Crippen LogP contribution in [0.3, 0.4) is 0 Å². The second-order valence-electron chi connectivity index (χ2n) is 3.95. The van der Waals surface area contributed by atoms with Crippen molar-refractivity contribution in [3.8, 4) is 0 Å². The smallest absolute Gasteiger partial charge is 0.135 e. The van der Waals surface area contributed by atoms with Crippen LogP contribution in [0.5, 0.6) is 0 Å². The summed E-state index contributed by atoms with van der Waals surface area (Å²) in [5.74, 6) is 1.20. The fourth-order valence-electron chi connectivity index (χ4n) is 1.21. The van der Waals surface area contributed by atoms with Gasteiger partial charge in [0.1, 0.15) is 6.73 Å². The second-order valence-corrected chi connectivity index (χ2v) is 3.95. The van der Waals surface area contributed by atoms with E-state index in [0.29, 0.717) is 11.8 Å². The summed E-state index contributed by atoms with van der Waals surface area (Å²) in [4.78, 5) is 1.97. The van der Waals surface area contributed by atoms with E-state index in [2.05, 4.69) is 27.7 Å². The van der Waals surface area contributed by atoms with Gasteiger partial charge in [0.15, 0.2) is 0 Å². The summed E-state index contributed by atoms with van der Waals surface area (Å²) >= 11 is 0. The molecule has 0 aliphatic carbocycles. The van der Waals surface area contributed by atoms with Crippen molar-refractivity contribution in [1.29, 1.82) is 0 Å². The van der Waals surface area contributed by atoms with Crippen LogP contribution in [-0.2, 0) is 5.11 Å². The fraction of sp³-hybridized carbons (Fsp3) is 1.00. The highest BCUT2D eigenvalue weighted by Gasteiger charge is 2.07. The Balaban J connectivity index is 3.58. The van der Waals surface area contributed by atoms with Gasteiger partial charge in [0.25, 0.3) is 0 Å². The minimum Gasteiger partial charge on any atom is -0.278 e. The zero-order valence-electron chi connectivity index (χ0n) is 8.13. The molecule has 2 nitrogen and oxygen atoms in total. The van der Waals surface area contributed by atoms with Crippen LogP contribution in [0.1, 0.15) is 27.7 Å². The third-order valence-corrected chi connectivity index (χ3v) is 1.43. The maximum absolute atomic E-state index is 10.6. The highest BCUT2D eigenvalue weighted by Crippen LogP contribution is 2.01. The van der Waals surface area contributed by atoms with Gasteiger partial charge in [-0.3, -0.25) is 4.90 Å². The van der Waals surface area contributed by atoms with Crippen molar-refractivity contribution < 1.29 is 5.11 Å². The molecule has 0 fully saturated rings. The number of rotatable bonds is 5. The summed E-state index contributed by atoms with van der Waals surface area (Å²) in [7, 11) is 0. The summed E-state index contributed by atoms with van der Waals surface area (Å²) in [6.07, 6.45) is 0. The van der Waals surface area contributed by atoms with Crippen LogP contribution < -0.4 is 0 Å². The zero-order chi connectivity index (χ0) is 8.85. The molecule has 0 saturated carbocycles. The van der Waals surface area contributed by atoms with Gasteiger partial charge < -0.3 is 0 Å². The molecule has 0 heterocycles. The van der Waals surface area contributed by atoms with Crippen molar-refractivity contribution in [3.05, 3.63) is 0 Å². The minimum absolute atomic E-state index is 0.0592. The molecule has 0 bridgehead atoms. The zero-order valence-corrected chi connectivity index (χ0v) is 8.13. The van der Waals surface area contributed by atoms with Gasteiger partial charge in [0, 0.05) is 13.1 Å². The molecule has 0 aromatic rings. The molecule has 0 aliphatic rings. The highest BCUT2D eigenvalue weighted by atomic mass is 16.3. The lowest BCUT2D eigenvalue weighted by Crippen LogP contribution is -2.31. The Kier molecular flexibility index (Phi) is 5.51. The summed E-state index contributed by atoms with van der Waals surface area (Å²) < 4.78 is 0. The predicted molar refractivity (Wildman–Crippen MR) is 46.8 cm³/mol. The third-order valence-electron chi connectivity index (χ3n) is 1.43. The molecule has 0 aromatic heterocycles. The summed E-state index contributed by atoms with van der Waals surface area (Å²) in [5.41, 5.74) is 0. The molecule has 0 aromatic carbocycles. The van der Waals surface area contributed by atoms with Crippen LogP contribution in [0, 0.1) is 11.8 Å². The number of hydrogen-bond acceptors (Lipinski definition) is 1. The Morgan fingerprint density at radius 2 is 1.36 bits per heavy atom. The molecule has 0 N–H and O–H groups in total. The molecule has 0 saturated heterocycles. The van der Waals surface area contributed by atoms with Crippen LogP contribution in [0.25, 0.3) is 0 Å². The first-order valence-electron chi connectivity index (χ1n) is 4.36. The molecule has 0 spiro atoms. The van der Waals surface area contributed by atoms with E-state index < -0.39 is 0 Å². The monoisotopic (exact) mass is 158 g/mol. The highest BCUT2D eigenvalue weighted by molar-refractivity contribution is 4.57. The lowest BCUT2D eigenvalue weighted by atomic mass is 10.1. The molecule has 67 valence electrons. The van der Waals surface area contributed by atoms with Crippen LogP contribution in [0.15, 0.2) is 0 Å². The van der Waals surface area contributed by atoms with Crippen LogP contribution >= 0.6 is 0 Å². The SMILES string of the molecule is CC(C)CN(C[O])CC(C)C. The Morgan fingerprint density at radius 3 is 1.55 bits per heavy atom. The molecule has 2 heteroatoms. The molecule has 0 aliphatic heterocycles. The normalized spacial score (nSPS) is 12.0. The molecular formula is C9H20NO. The van der Waals surface area contributed by atoms with E-state index in [1.165, 1.54) is 0 Å². The van der Waals surface area contributed by atoms with Crippen molar-refractivity contribution >= 4 is 0 Å². The van der Waals surface area contributed by atoms with Gasteiger partial charge in [-0.1, -0.05) is 27.7 Å². The summed E-state index contributed by atoms with van der Waals surface area (Å²) in [5, 5.41) is 10.6. The van der Waals surface area contributed by atoms with Crippen LogP contribution in [0.2, 0.25) is 0 Å². The van der Waals surface area contributed by atoms with Crippen molar-refractivity contribution in [1.82, 2.24) is 4.90 Å². The quantitative estimate of drug-likeness (QED) is 0.561. The van der Waals surface area contributed by atoms with Gasteiger partial charge in [-0.2, -0.15) is 0 Å². The fourth-order valence-corrected chi connectivity index (χ4v) is 1.21. The molecule has 0 unspecified atom stereocenters. The molecule has 1 radical (unpaired) electrons.